The monoisotopic (exact) mass is 274 g/mol. The predicted molar refractivity (Wildman–Crippen MR) is 78.9 cm³/mol. The van der Waals surface area contributed by atoms with Crippen LogP contribution in [0.5, 0.6) is 0 Å². The van der Waals surface area contributed by atoms with Crippen molar-refractivity contribution >= 4 is 11.6 Å². The van der Waals surface area contributed by atoms with E-state index < -0.39 is 0 Å². The van der Waals surface area contributed by atoms with E-state index in [1.54, 1.807) is 0 Å². The summed E-state index contributed by atoms with van der Waals surface area (Å²) in [6.45, 7) is 5.07. The summed E-state index contributed by atoms with van der Waals surface area (Å²) in [5, 5.41) is 3.32. The molecule has 0 aliphatic carbocycles. The number of ether oxygens (including phenoxy) is 1. The lowest BCUT2D eigenvalue weighted by Crippen LogP contribution is -2.40. The first kappa shape index (κ1) is 13.4. The third-order valence-electron chi connectivity index (χ3n) is 4.27. The van der Waals surface area contributed by atoms with Crippen molar-refractivity contribution < 1.29 is 9.53 Å². The number of carbonyl (C=O) groups is 1. The van der Waals surface area contributed by atoms with Gasteiger partial charge in [0.25, 0.3) is 0 Å². The number of rotatable bonds is 4. The molecule has 2 heterocycles. The molecule has 0 radical (unpaired) electrons. The average molecular weight is 274 g/mol. The van der Waals surface area contributed by atoms with Crippen molar-refractivity contribution in [2.24, 2.45) is 0 Å². The van der Waals surface area contributed by atoms with Crippen LogP contribution in [0.1, 0.15) is 31.2 Å². The van der Waals surface area contributed by atoms with Crippen LogP contribution in [0.2, 0.25) is 0 Å². The van der Waals surface area contributed by atoms with Crippen molar-refractivity contribution in [2.75, 3.05) is 31.6 Å². The predicted octanol–water partition coefficient (Wildman–Crippen LogP) is 2.22. The molecule has 2 aliphatic rings. The van der Waals surface area contributed by atoms with Crippen molar-refractivity contribution in [2.45, 2.75) is 31.8 Å². The van der Waals surface area contributed by atoms with Crippen LogP contribution in [-0.4, -0.2) is 43.2 Å². The second kappa shape index (κ2) is 5.83. The summed E-state index contributed by atoms with van der Waals surface area (Å²) in [4.78, 5) is 14.7. The molecule has 1 aromatic rings. The van der Waals surface area contributed by atoms with Crippen LogP contribution in [0.15, 0.2) is 24.3 Å². The number of para-hydroxylation sites is 1. The molecule has 4 heteroatoms. The van der Waals surface area contributed by atoms with E-state index in [-0.39, 0.29) is 17.9 Å². The molecular formula is C16H22N2O2. The summed E-state index contributed by atoms with van der Waals surface area (Å²) in [6, 6.07) is 8.10. The Balaban J connectivity index is 1.71. The normalized spacial score (nSPS) is 24.2. The first-order valence-corrected chi connectivity index (χ1v) is 7.52. The zero-order chi connectivity index (χ0) is 13.9. The van der Waals surface area contributed by atoms with Gasteiger partial charge in [-0.15, -0.1) is 0 Å². The Hall–Kier alpha value is -1.55. The van der Waals surface area contributed by atoms with Gasteiger partial charge in [0.2, 0.25) is 5.91 Å². The molecule has 2 aliphatic heterocycles. The highest BCUT2D eigenvalue weighted by Crippen LogP contribution is 2.32. The maximum atomic E-state index is 12.8. The molecule has 2 unspecified atom stereocenters. The van der Waals surface area contributed by atoms with Gasteiger partial charge in [-0.2, -0.15) is 0 Å². The molecule has 1 fully saturated rings. The molecule has 0 bridgehead atoms. The summed E-state index contributed by atoms with van der Waals surface area (Å²) in [5.74, 6) is 0.174. The lowest BCUT2D eigenvalue weighted by atomic mass is 9.99. The summed E-state index contributed by atoms with van der Waals surface area (Å²) in [6.07, 6.45) is 2.41. The van der Waals surface area contributed by atoms with Crippen molar-refractivity contribution in [1.82, 2.24) is 4.90 Å². The minimum atomic E-state index is -0.0486. The molecule has 20 heavy (non-hydrogen) atoms. The van der Waals surface area contributed by atoms with Crippen molar-refractivity contribution in [3.63, 3.8) is 0 Å². The average Bonchev–Trinajstić information content (AvgIpc) is 3.13. The number of fused-ring (bicyclic) bond motifs is 1. The van der Waals surface area contributed by atoms with Gasteiger partial charge in [0.15, 0.2) is 0 Å². The van der Waals surface area contributed by atoms with Crippen molar-refractivity contribution in [3.8, 4) is 0 Å². The number of hydrogen-bond donors (Lipinski definition) is 1. The lowest BCUT2D eigenvalue weighted by molar-refractivity contribution is -0.133. The molecule has 4 nitrogen and oxygen atoms in total. The Bertz CT molecular complexity index is 483. The van der Waals surface area contributed by atoms with E-state index in [2.05, 4.69) is 11.4 Å². The number of carbonyl (C=O) groups excluding carboxylic acids is 1. The smallest absolute Gasteiger partial charge is 0.232 e. The van der Waals surface area contributed by atoms with E-state index in [4.69, 9.17) is 4.74 Å². The standard InChI is InChI=1S/C16H22N2O2/c1-2-18(11-12-6-5-9-20-12)16(19)14-10-17-15-8-4-3-7-13(14)15/h3-4,7-8,12,14,17H,2,5-6,9-11H2,1H3. The van der Waals surface area contributed by atoms with E-state index >= 15 is 0 Å². The van der Waals surface area contributed by atoms with Crippen LogP contribution in [0.4, 0.5) is 5.69 Å². The number of likely N-dealkylation sites (N-methyl/N-ethyl adjacent to an activating group) is 1. The Kier molecular flexibility index (Phi) is 3.92. The second-order valence-electron chi connectivity index (χ2n) is 5.53. The molecule has 3 rings (SSSR count). The number of hydrogen-bond acceptors (Lipinski definition) is 3. The van der Waals surface area contributed by atoms with Crippen LogP contribution >= 0.6 is 0 Å². The van der Waals surface area contributed by atoms with E-state index in [0.29, 0.717) is 6.54 Å². The number of nitrogens with one attached hydrogen (secondary N) is 1. The van der Waals surface area contributed by atoms with Crippen LogP contribution in [0.3, 0.4) is 0 Å². The third kappa shape index (κ3) is 2.52. The SMILES string of the molecule is CCN(CC1CCCO1)C(=O)C1CNc2ccccc21. The number of amides is 1. The van der Waals surface area contributed by atoms with Gasteiger partial charge in [-0.25, -0.2) is 0 Å². The Morgan fingerprint density at radius 1 is 1.45 bits per heavy atom. The van der Waals surface area contributed by atoms with Gasteiger partial charge in [0.1, 0.15) is 0 Å². The minimum Gasteiger partial charge on any atom is -0.384 e. The number of benzene rings is 1. The molecule has 1 N–H and O–H groups in total. The van der Waals surface area contributed by atoms with Gasteiger partial charge in [-0.3, -0.25) is 4.79 Å². The molecule has 0 spiro atoms. The summed E-state index contributed by atoms with van der Waals surface area (Å²) >= 11 is 0. The highest BCUT2D eigenvalue weighted by molar-refractivity contribution is 5.88. The van der Waals surface area contributed by atoms with E-state index in [0.717, 1.165) is 43.8 Å². The molecule has 0 aromatic heterocycles. The first-order chi connectivity index (χ1) is 9.79. The second-order valence-corrected chi connectivity index (χ2v) is 5.53. The van der Waals surface area contributed by atoms with Gasteiger partial charge < -0.3 is 15.0 Å². The molecular weight excluding hydrogens is 252 g/mol. The van der Waals surface area contributed by atoms with Crippen LogP contribution < -0.4 is 5.32 Å². The fraction of sp³-hybridized carbons (Fsp3) is 0.562. The third-order valence-corrected chi connectivity index (χ3v) is 4.27. The highest BCUT2D eigenvalue weighted by atomic mass is 16.5. The van der Waals surface area contributed by atoms with Gasteiger partial charge in [0.05, 0.1) is 12.0 Å². The highest BCUT2D eigenvalue weighted by Gasteiger charge is 2.32. The van der Waals surface area contributed by atoms with Crippen molar-refractivity contribution in [3.05, 3.63) is 29.8 Å². The Morgan fingerprint density at radius 3 is 3.05 bits per heavy atom. The summed E-state index contributed by atoms with van der Waals surface area (Å²) in [7, 11) is 0. The van der Waals surface area contributed by atoms with Crippen LogP contribution in [-0.2, 0) is 9.53 Å². The van der Waals surface area contributed by atoms with Gasteiger partial charge in [0, 0.05) is 31.9 Å². The van der Waals surface area contributed by atoms with Crippen LogP contribution in [0.25, 0.3) is 0 Å². The molecule has 0 saturated carbocycles. The maximum Gasteiger partial charge on any atom is 0.232 e. The maximum absolute atomic E-state index is 12.8. The van der Waals surface area contributed by atoms with Crippen molar-refractivity contribution in [1.29, 1.82) is 0 Å². The minimum absolute atomic E-state index is 0.0486. The Labute approximate surface area is 120 Å². The fourth-order valence-electron chi connectivity index (χ4n) is 3.13. The van der Waals surface area contributed by atoms with E-state index in [1.165, 1.54) is 0 Å². The zero-order valence-electron chi connectivity index (χ0n) is 12.0. The van der Waals surface area contributed by atoms with Gasteiger partial charge >= 0.3 is 0 Å². The molecule has 1 aromatic carbocycles. The number of anilines is 1. The zero-order valence-corrected chi connectivity index (χ0v) is 12.0. The topological polar surface area (TPSA) is 41.6 Å². The first-order valence-electron chi connectivity index (χ1n) is 7.52. The Morgan fingerprint density at radius 2 is 2.30 bits per heavy atom. The largest absolute Gasteiger partial charge is 0.384 e. The molecule has 1 saturated heterocycles. The molecule has 1 amide bonds. The lowest BCUT2D eigenvalue weighted by Gasteiger charge is -2.26. The van der Waals surface area contributed by atoms with Gasteiger partial charge in [-0.05, 0) is 31.4 Å². The molecule has 2 atom stereocenters. The van der Waals surface area contributed by atoms with E-state index in [1.807, 2.05) is 30.0 Å². The van der Waals surface area contributed by atoms with Crippen LogP contribution in [0, 0.1) is 0 Å². The van der Waals surface area contributed by atoms with E-state index in [9.17, 15) is 4.79 Å². The number of nitrogens with zero attached hydrogens (tertiary/aromatic N) is 1. The van der Waals surface area contributed by atoms with Gasteiger partial charge in [-0.1, -0.05) is 18.2 Å². The quantitative estimate of drug-likeness (QED) is 0.915. The molecule has 108 valence electrons. The fourth-order valence-corrected chi connectivity index (χ4v) is 3.13. The summed E-state index contributed by atoms with van der Waals surface area (Å²) < 4.78 is 5.66. The summed E-state index contributed by atoms with van der Waals surface area (Å²) in [5.41, 5.74) is 2.22.